The molecule has 5 nitrogen and oxygen atoms in total. The molecule has 2 N–H and O–H groups in total. The first-order valence-electron chi connectivity index (χ1n) is 6.43. The van der Waals surface area contributed by atoms with Crippen LogP contribution in [0.2, 0.25) is 0 Å². The Balaban J connectivity index is 0. The molecule has 0 aromatic carbocycles. The van der Waals surface area contributed by atoms with Crippen molar-refractivity contribution in [2.45, 2.75) is 32.4 Å². The molecule has 0 aliphatic carbocycles. The number of nitrogens with zero attached hydrogens (tertiary/aromatic N) is 2. The number of nitrogens with two attached hydrogens (primary N) is 1. The summed E-state index contributed by atoms with van der Waals surface area (Å²) in [6, 6.07) is 0.490. The Morgan fingerprint density at radius 2 is 2.00 bits per heavy atom. The predicted octanol–water partition coefficient (Wildman–Crippen LogP) is 0.746. The minimum atomic E-state index is -0.481. The molecule has 116 valence electrons. The van der Waals surface area contributed by atoms with Gasteiger partial charge >= 0.3 is 0 Å². The Kier molecular flexibility index (Phi) is 11.9. The van der Waals surface area contributed by atoms with Gasteiger partial charge in [-0.15, -0.1) is 24.8 Å². The van der Waals surface area contributed by atoms with Crippen molar-refractivity contribution in [1.29, 1.82) is 0 Å². The number of ether oxygens (including phenoxy) is 1. The van der Waals surface area contributed by atoms with E-state index in [4.69, 9.17) is 10.5 Å². The fourth-order valence-electron chi connectivity index (χ4n) is 2.48. The van der Waals surface area contributed by atoms with E-state index in [9.17, 15) is 4.79 Å². The van der Waals surface area contributed by atoms with Crippen molar-refractivity contribution in [1.82, 2.24) is 9.80 Å². The maximum absolute atomic E-state index is 12.1. The zero-order valence-corrected chi connectivity index (χ0v) is 13.6. The highest BCUT2D eigenvalue weighted by Crippen LogP contribution is 2.16. The zero-order chi connectivity index (χ0) is 12.8. The molecular formula is C12H27Cl2N3O2. The van der Waals surface area contributed by atoms with Gasteiger partial charge in [-0.1, -0.05) is 13.8 Å². The fraction of sp³-hybridized carbons (Fsp3) is 0.917. The number of hydrogen-bond acceptors (Lipinski definition) is 4. The Morgan fingerprint density at radius 1 is 1.42 bits per heavy atom. The standard InChI is InChI=1S/C12H25N3O2.2ClH/c1-4-14(5-2)10-6-7-15(9-10)12(16)11(8-13)17-3;;/h10-11H,4-9,13H2,1-3H3;2*1H. The van der Waals surface area contributed by atoms with E-state index in [0.717, 1.165) is 32.6 Å². The topological polar surface area (TPSA) is 58.8 Å². The molecule has 2 atom stereocenters. The van der Waals surface area contributed by atoms with Gasteiger partial charge in [0.15, 0.2) is 0 Å². The normalized spacial score (nSPS) is 19.8. The monoisotopic (exact) mass is 315 g/mol. The Morgan fingerprint density at radius 3 is 2.42 bits per heavy atom. The summed E-state index contributed by atoms with van der Waals surface area (Å²) in [4.78, 5) is 16.3. The van der Waals surface area contributed by atoms with E-state index >= 15 is 0 Å². The van der Waals surface area contributed by atoms with Crippen LogP contribution in [0.3, 0.4) is 0 Å². The number of likely N-dealkylation sites (tertiary alicyclic amines) is 1. The smallest absolute Gasteiger partial charge is 0.253 e. The number of hydrogen-bond donors (Lipinski definition) is 1. The largest absolute Gasteiger partial charge is 0.370 e. The second kappa shape index (κ2) is 10.7. The lowest BCUT2D eigenvalue weighted by molar-refractivity contribution is -0.140. The average Bonchev–Trinajstić information content (AvgIpc) is 2.81. The number of carbonyl (C=O) groups is 1. The van der Waals surface area contributed by atoms with E-state index in [1.54, 1.807) is 0 Å². The molecular weight excluding hydrogens is 289 g/mol. The quantitative estimate of drug-likeness (QED) is 0.785. The second-order valence-corrected chi connectivity index (χ2v) is 4.41. The van der Waals surface area contributed by atoms with Crippen LogP contribution in [-0.4, -0.2) is 67.7 Å². The van der Waals surface area contributed by atoms with Crippen LogP contribution in [0, 0.1) is 0 Å². The molecule has 1 saturated heterocycles. The molecule has 19 heavy (non-hydrogen) atoms. The first-order valence-corrected chi connectivity index (χ1v) is 6.43. The van der Waals surface area contributed by atoms with Crippen molar-refractivity contribution < 1.29 is 9.53 Å². The minimum Gasteiger partial charge on any atom is -0.370 e. The second-order valence-electron chi connectivity index (χ2n) is 4.41. The van der Waals surface area contributed by atoms with Gasteiger partial charge in [0, 0.05) is 32.8 Å². The van der Waals surface area contributed by atoms with Crippen LogP contribution in [0.4, 0.5) is 0 Å². The van der Waals surface area contributed by atoms with Crippen molar-refractivity contribution in [2.75, 3.05) is 39.8 Å². The van der Waals surface area contributed by atoms with Crippen molar-refractivity contribution in [3.8, 4) is 0 Å². The lowest BCUT2D eigenvalue weighted by Gasteiger charge is -2.27. The van der Waals surface area contributed by atoms with Crippen LogP contribution in [0.5, 0.6) is 0 Å². The number of likely N-dealkylation sites (N-methyl/N-ethyl adjacent to an activating group) is 1. The molecule has 1 aliphatic rings. The Hall–Kier alpha value is -0.0700. The highest BCUT2D eigenvalue weighted by Gasteiger charge is 2.32. The molecule has 0 spiro atoms. The van der Waals surface area contributed by atoms with Crippen LogP contribution in [0.1, 0.15) is 20.3 Å². The van der Waals surface area contributed by atoms with E-state index in [1.807, 2.05) is 4.90 Å². The first-order chi connectivity index (χ1) is 8.17. The lowest BCUT2D eigenvalue weighted by Crippen LogP contribution is -2.44. The Bertz CT molecular complexity index is 249. The highest BCUT2D eigenvalue weighted by atomic mass is 35.5. The molecule has 1 amide bonds. The summed E-state index contributed by atoms with van der Waals surface area (Å²) in [6.45, 7) is 8.27. The maximum atomic E-state index is 12.1. The maximum Gasteiger partial charge on any atom is 0.253 e. The van der Waals surface area contributed by atoms with E-state index in [-0.39, 0.29) is 37.3 Å². The van der Waals surface area contributed by atoms with E-state index in [2.05, 4.69) is 18.7 Å². The summed E-state index contributed by atoms with van der Waals surface area (Å²) in [7, 11) is 1.54. The van der Waals surface area contributed by atoms with Gasteiger partial charge in [-0.05, 0) is 19.5 Å². The zero-order valence-electron chi connectivity index (χ0n) is 12.0. The molecule has 1 heterocycles. The molecule has 1 aliphatic heterocycles. The summed E-state index contributed by atoms with van der Waals surface area (Å²) in [5.41, 5.74) is 5.52. The number of rotatable bonds is 6. The van der Waals surface area contributed by atoms with Crippen molar-refractivity contribution in [3.63, 3.8) is 0 Å². The van der Waals surface area contributed by atoms with Crippen LogP contribution in [-0.2, 0) is 9.53 Å². The fourth-order valence-corrected chi connectivity index (χ4v) is 2.48. The highest BCUT2D eigenvalue weighted by molar-refractivity contribution is 5.85. The third kappa shape index (κ3) is 5.44. The van der Waals surface area contributed by atoms with Gasteiger partial charge in [0.2, 0.25) is 0 Å². The third-order valence-electron chi connectivity index (χ3n) is 3.58. The Labute approximate surface area is 128 Å². The summed E-state index contributed by atoms with van der Waals surface area (Å²) in [5.74, 6) is 0.0321. The number of carbonyl (C=O) groups excluding carboxylic acids is 1. The predicted molar refractivity (Wildman–Crippen MR) is 82.3 cm³/mol. The molecule has 1 rings (SSSR count). The van der Waals surface area contributed by atoms with Crippen molar-refractivity contribution >= 4 is 30.7 Å². The summed E-state index contributed by atoms with van der Waals surface area (Å²) in [6.07, 6.45) is 0.569. The van der Waals surface area contributed by atoms with Gasteiger partial charge in [0.05, 0.1) is 0 Å². The van der Waals surface area contributed by atoms with Gasteiger partial charge < -0.3 is 15.4 Å². The molecule has 2 unspecified atom stereocenters. The van der Waals surface area contributed by atoms with Gasteiger partial charge in [0.25, 0.3) is 5.91 Å². The molecule has 0 aromatic heterocycles. The SMILES string of the molecule is CCN(CC)C1CCN(C(=O)C(CN)OC)C1.Cl.Cl. The summed E-state index contributed by atoms with van der Waals surface area (Å²) < 4.78 is 5.09. The third-order valence-corrected chi connectivity index (χ3v) is 3.58. The summed E-state index contributed by atoms with van der Waals surface area (Å²) >= 11 is 0. The summed E-state index contributed by atoms with van der Waals surface area (Å²) in [5, 5.41) is 0. The minimum absolute atomic E-state index is 0. The van der Waals surface area contributed by atoms with E-state index in [1.165, 1.54) is 7.11 Å². The van der Waals surface area contributed by atoms with Crippen LogP contribution < -0.4 is 5.73 Å². The number of amides is 1. The van der Waals surface area contributed by atoms with Crippen molar-refractivity contribution in [2.24, 2.45) is 5.73 Å². The van der Waals surface area contributed by atoms with E-state index in [0.29, 0.717) is 6.04 Å². The van der Waals surface area contributed by atoms with Crippen molar-refractivity contribution in [3.05, 3.63) is 0 Å². The number of halogens is 2. The van der Waals surface area contributed by atoms with Gasteiger partial charge in [0.1, 0.15) is 6.10 Å². The molecule has 0 aromatic rings. The number of methoxy groups -OCH3 is 1. The van der Waals surface area contributed by atoms with Crippen LogP contribution in [0.25, 0.3) is 0 Å². The molecule has 7 heteroatoms. The van der Waals surface area contributed by atoms with E-state index < -0.39 is 6.10 Å². The van der Waals surface area contributed by atoms with Crippen LogP contribution in [0.15, 0.2) is 0 Å². The molecule has 0 saturated carbocycles. The molecule has 0 bridgehead atoms. The molecule has 1 fully saturated rings. The average molecular weight is 316 g/mol. The molecule has 0 radical (unpaired) electrons. The first kappa shape index (κ1) is 21.2. The van der Waals surface area contributed by atoms with Gasteiger partial charge in [-0.25, -0.2) is 0 Å². The van der Waals surface area contributed by atoms with Gasteiger partial charge in [-0.3, -0.25) is 9.69 Å². The van der Waals surface area contributed by atoms with Crippen LogP contribution >= 0.6 is 24.8 Å². The van der Waals surface area contributed by atoms with Gasteiger partial charge in [-0.2, -0.15) is 0 Å². The lowest BCUT2D eigenvalue weighted by atomic mass is 10.2.